The quantitative estimate of drug-likeness (QED) is 0.790. The first-order valence-corrected chi connectivity index (χ1v) is 6.80. The van der Waals surface area contributed by atoms with Crippen LogP contribution in [0.15, 0.2) is 48.7 Å². The Morgan fingerprint density at radius 2 is 1.90 bits per heavy atom. The van der Waals surface area contributed by atoms with Gasteiger partial charge in [-0.15, -0.1) is 0 Å². The van der Waals surface area contributed by atoms with Gasteiger partial charge in [-0.05, 0) is 23.3 Å². The second-order valence-electron chi connectivity index (χ2n) is 5.17. The zero-order valence-corrected chi connectivity index (χ0v) is 11.7. The number of benzene rings is 2. The van der Waals surface area contributed by atoms with Gasteiger partial charge < -0.3 is 5.11 Å². The summed E-state index contributed by atoms with van der Waals surface area (Å²) in [7, 11) is 1.89. The lowest BCUT2D eigenvalue weighted by atomic mass is 9.97. The summed E-state index contributed by atoms with van der Waals surface area (Å²) < 4.78 is 1.79. The van der Waals surface area contributed by atoms with Gasteiger partial charge in [0, 0.05) is 24.7 Å². The van der Waals surface area contributed by atoms with Gasteiger partial charge in [-0.2, -0.15) is 5.10 Å². The Kier molecular flexibility index (Phi) is 3.28. The molecule has 0 saturated carbocycles. The fourth-order valence-electron chi connectivity index (χ4n) is 2.63. The first-order valence-electron chi connectivity index (χ1n) is 6.80. The van der Waals surface area contributed by atoms with Crippen LogP contribution in [0.3, 0.4) is 0 Å². The first-order chi connectivity index (χ1) is 9.66. The molecule has 0 amide bonds. The van der Waals surface area contributed by atoms with Crippen molar-refractivity contribution >= 4 is 10.8 Å². The molecule has 1 unspecified atom stereocenters. The van der Waals surface area contributed by atoms with Crippen molar-refractivity contribution in [3.63, 3.8) is 0 Å². The van der Waals surface area contributed by atoms with Gasteiger partial charge in [-0.1, -0.05) is 42.5 Å². The minimum atomic E-state index is -0.519. The third-order valence-corrected chi connectivity index (χ3v) is 3.93. The average molecular weight is 266 g/mol. The van der Waals surface area contributed by atoms with E-state index in [0.717, 1.165) is 11.3 Å². The molecule has 3 rings (SSSR count). The van der Waals surface area contributed by atoms with Crippen LogP contribution in [0.2, 0.25) is 0 Å². The third-order valence-electron chi connectivity index (χ3n) is 3.93. The molecule has 102 valence electrons. The average Bonchev–Trinajstić information content (AvgIpc) is 2.79. The lowest BCUT2D eigenvalue weighted by molar-refractivity contribution is 0.178. The minimum absolute atomic E-state index is 0.519. The SMILES string of the molecule is Cc1c(C(O)Cc2cccc3ccccc23)cnn1C. The van der Waals surface area contributed by atoms with Gasteiger partial charge >= 0.3 is 0 Å². The lowest BCUT2D eigenvalue weighted by Crippen LogP contribution is -2.04. The maximum Gasteiger partial charge on any atom is 0.0863 e. The Balaban J connectivity index is 1.95. The zero-order chi connectivity index (χ0) is 14.1. The van der Waals surface area contributed by atoms with E-state index in [1.165, 1.54) is 16.3 Å². The Bertz CT molecular complexity index is 740. The molecule has 3 nitrogen and oxygen atoms in total. The van der Waals surface area contributed by atoms with Gasteiger partial charge in [0.05, 0.1) is 12.3 Å². The summed E-state index contributed by atoms with van der Waals surface area (Å²) in [6.07, 6.45) is 1.84. The molecule has 0 saturated heterocycles. The van der Waals surface area contributed by atoms with Crippen LogP contribution >= 0.6 is 0 Å². The van der Waals surface area contributed by atoms with Crippen LogP contribution in [0.1, 0.15) is 22.9 Å². The normalized spacial score (nSPS) is 12.8. The molecule has 3 heteroatoms. The summed E-state index contributed by atoms with van der Waals surface area (Å²) in [4.78, 5) is 0. The van der Waals surface area contributed by atoms with Crippen molar-refractivity contribution in [3.8, 4) is 0 Å². The molecule has 0 aliphatic carbocycles. The fourth-order valence-corrected chi connectivity index (χ4v) is 2.63. The second-order valence-corrected chi connectivity index (χ2v) is 5.17. The molecule has 0 aliphatic rings. The number of aliphatic hydroxyl groups excluding tert-OH is 1. The van der Waals surface area contributed by atoms with Crippen molar-refractivity contribution in [2.45, 2.75) is 19.4 Å². The van der Waals surface area contributed by atoms with Crippen molar-refractivity contribution in [1.82, 2.24) is 9.78 Å². The Labute approximate surface area is 118 Å². The van der Waals surface area contributed by atoms with Gasteiger partial charge in [0.2, 0.25) is 0 Å². The standard InChI is InChI=1S/C17H18N2O/c1-12-16(11-18-19(12)2)17(20)10-14-8-5-7-13-6-3-4-9-15(13)14/h3-9,11,17,20H,10H2,1-2H3. The van der Waals surface area contributed by atoms with Crippen LogP contribution in [0.5, 0.6) is 0 Å². The van der Waals surface area contributed by atoms with Gasteiger partial charge in [0.15, 0.2) is 0 Å². The molecule has 0 spiro atoms. The van der Waals surface area contributed by atoms with E-state index in [9.17, 15) is 5.11 Å². The molecular formula is C17H18N2O. The van der Waals surface area contributed by atoms with Crippen molar-refractivity contribution in [2.24, 2.45) is 7.05 Å². The highest BCUT2D eigenvalue weighted by atomic mass is 16.3. The molecule has 1 aromatic heterocycles. The Morgan fingerprint density at radius 3 is 2.65 bits per heavy atom. The molecular weight excluding hydrogens is 248 g/mol. The summed E-state index contributed by atoms with van der Waals surface area (Å²) in [5.41, 5.74) is 3.08. The highest BCUT2D eigenvalue weighted by Crippen LogP contribution is 2.25. The summed E-state index contributed by atoms with van der Waals surface area (Å²) in [5, 5.41) is 17.1. The number of aryl methyl sites for hydroxylation is 1. The molecule has 20 heavy (non-hydrogen) atoms. The highest BCUT2D eigenvalue weighted by Gasteiger charge is 2.15. The number of rotatable bonds is 3. The fraction of sp³-hybridized carbons (Fsp3) is 0.235. The van der Waals surface area contributed by atoms with Gasteiger partial charge in [0.1, 0.15) is 0 Å². The summed E-state index contributed by atoms with van der Waals surface area (Å²) in [6.45, 7) is 1.98. The molecule has 2 aromatic carbocycles. The number of aromatic nitrogens is 2. The Morgan fingerprint density at radius 1 is 1.15 bits per heavy atom. The number of hydrogen-bond donors (Lipinski definition) is 1. The number of hydrogen-bond acceptors (Lipinski definition) is 2. The zero-order valence-electron chi connectivity index (χ0n) is 11.7. The van der Waals surface area contributed by atoms with Crippen LogP contribution in [-0.4, -0.2) is 14.9 Å². The molecule has 0 aliphatic heterocycles. The third kappa shape index (κ3) is 2.21. The van der Waals surface area contributed by atoms with Crippen molar-refractivity contribution in [1.29, 1.82) is 0 Å². The van der Waals surface area contributed by atoms with E-state index < -0.39 is 6.10 Å². The summed E-state index contributed by atoms with van der Waals surface area (Å²) >= 11 is 0. The van der Waals surface area contributed by atoms with Crippen molar-refractivity contribution in [3.05, 3.63) is 65.5 Å². The molecule has 1 atom stereocenters. The molecule has 1 N–H and O–H groups in total. The van der Waals surface area contributed by atoms with Crippen molar-refractivity contribution in [2.75, 3.05) is 0 Å². The van der Waals surface area contributed by atoms with Crippen LogP contribution in [-0.2, 0) is 13.5 Å². The van der Waals surface area contributed by atoms with E-state index >= 15 is 0 Å². The van der Waals surface area contributed by atoms with E-state index in [4.69, 9.17) is 0 Å². The van der Waals surface area contributed by atoms with Crippen LogP contribution in [0, 0.1) is 6.92 Å². The van der Waals surface area contributed by atoms with E-state index in [-0.39, 0.29) is 0 Å². The molecule has 1 heterocycles. The highest BCUT2D eigenvalue weighted by molar-refractivity contribution is 5.85. The molecule has 0 bridgehead atoms. The monoisotopic (exact) mass is 266 g/mol. The van der Waals surface area contributed by atoms with E-state index in [1.807, 2.05) is 32.2 Å². The molecule has 0 radical (unpaired) electrons. The minimum Gasteiger partial charge on any atom is -0.388 e. The number of nitrogens with zero attached hydrogens (tertiary/aromatic N) is 2. The van der Waals surface area contributed by atoms with E-state index in [1.54, 1.807) is 10.9 Å². The topological polar surface area (TPSA) is 38.1 Å². The first kappa shape index (κ1) is 12.9. The predicted molar refractivity (Wildman–Crippen MR) is 80.6 cm³/mol. The summed E-state index contributed by atoms with van der Waals surface area (Å²) in [5.74, 6) is 0. The van der Waals surface area contributed by atoms with Crippen LogP contribution in [0.4, 0.5) is 0 Å². The summed E-state index contributed by atoms with van der Waals surface area (Å²) in [6, 6.07) is 14.5. The molecule has 0 fully saturated rings. The lowest BCUT2D eigenvalue weighted by Gasteiger charge is -2.12. The van der Waals surface area contributed by atoms with Gasteiger partial charge in [-0.25, -0.2) is 0 Å². The largest absolute Gasteiger partial charge is 0.388 e. The van der Waals surface area contributed by atoms with Crippen LogP contribution in [0.25, 0.3) is 10.8 Å². The maximum atomic E-state index is 10.5. The molecule has 3 aromatic rings. The van der Waals surface area contributed by atoms with E-state index in [0.29, 0.717) is 6.42 Å². The Hall–Kier alpha value is -2.13. The van der Waals surface area contributed by atoms with Gasteiger partial charge in [0.25, 0.3) is 0 Å². The van der Waals surface area contributed by atoms with Crippen molar-refractivity contribution < 1.29 is 5.11 Å². The van der Waals surface area contributed by atoms with Gasteiger partial charge in [-0.3, -0.25) is 4.68 Å². The number of fused-ring (bicyclic) bond motifs is 1. The maximum absolute atomic E-state index is 10.5. The van der Waals surface area contributed by atoms with E-state index in [2.05, 4.69) is 29.4 Å². The predicted octanol–water partition coefficient (Wildman–Crippen LogP) is 3.16. The number of aliphatic hydroxyl groups is 1. The van der Waals surface area contributed by atoms with Crippen LogP contribution < -0.4 is 0 Å². The second kappa shape index (κ2) is 5.10. The smallest absolute Gasteiger partial charge is 0.0863 e.